The Morgan fingerprint density at radius 2 is 1.92 bits per heavy atom. The summed E-state index contributed by atoms with van der Waals surface area (Å²) < 4.78 is 0. The van der Waals surface area contributed by atoms with Gasteiger partial charge in [0.2, 0.25) is 0 Å². The van der Waals surface area contributed by atoms with Crippen molar-refractivity contribution in [2.24, 2.45) is 10.3 Å². The second-order valence-electron chi connectivity index (χ2n) is 3.81. The number of benzene rings is 1. The first-order chi connectivity index (χ1) is 6.38. The van der Waals surface area contributed by atoms with Crippen molar-refractivity contribution in [3.63, 3.8) is 0 Å². The minimum absolute atomic E-state index is 0.204. The van der Waals surface area contributed by atoms with Crippen molar-refractivity contribution in [1.29, 1.82) is 0 Å². The fraction of sp³-hybridized carbons (Fsp3) is 0.400. The highest BCUT2D eigenvalue weighted by atomic mass is 15.6. The Morgan fingerprint density at radius 3 is 2.54 bits per heavy atom. The molecule has 66 valence electrons. The molecule has 1 aliphatic carbocycles. The van der Waals surface area contributed by atoms with Crippen LogP contribution in [0.25, 0.3) is 0 Å². The molecule has 1 saturated carbocycles. The fourth-order valence-corrected chi connectivity index (χ4v) is 1.64. The van der Waals surface area contributed by atoms with Crippen LogP contribution in [0.4, 0.5) is 5.69 Å². The first-order valence-corrected chi connectivity index (χ1v) is 4.63. The third kappa shape index (κ3) is 1.11. The summed E-state index contributed by atoms with van der Waals surface area (Å²) in [5, 5.41) is 10.5. The van der Waals surface area contributed by atoms with E-state index in [4.69, 9.17) is 0 Å². The van der Waals surface area contributed by atoms with Crippen LogP contribution in [0.2, 0.25) is 0 Å². The summed E-state index contributed by atoms with van der Waals surface area (Å²) in [6.07, 6.45) is 2.42. The molecular weight excluding hydrogens is 162 g/mol. The maximum absolute atomic E-state index is 4.29. The zero-order valence-corrected chi connectivity index (χ0v) is 7.35. The average Bonchev–Trinajstić information content (AvgIpc) is 2.78. The summed E-state index contributed by atoms with van der Waals surface area (Å²) in [5.74, 6) is 0. The van der Waals surface area contributed by atoms with Gasteiger partial charge in [0.05, 0.1) is 12.2 Å². The molecule has 1 aromatic carbocycles. The van der Waals surface area contributed by atoms with Gasteiger partial charge in [0, 0.05) is 0 Å². The average molecular weight is 173 g/mol. The van der Waals surface area contributed by atoms with Gasteiger partial charge in [-0.2, -0.15) is 5.11 Å². The lowest BCUT2D eigenvalue weighted by Gasteiger charge is -2.12. The second kappa shape index (κ2) is 2.31. The number of rotatable bonds is 1. The Labute approximate surface area is 77.1 Å². The Kier molecular flexibility index (Phi) is 1.26. The minimum Gasteiger partial charge on any atom is -0.245 e. The molecule has 1 fully saturated rings. The maximum atomic E-state index is 4.29. The lowest BCUT2D eigenvalue weighted by atomic mass is 10.2. The lowest BCUT2D eigenvalue weighted by Crippen LogP contribution is -2.20. The molecule has 0 atom stereocenters. The molecule has 0 N–H and O–H groups in total. The van der Waals surface area contributed by atoms with Gasteiger partial charge in [-0.3, -0.25) is 0 Å². The smallest absolute Gasteiger partial charge is 0.103 e. The summed E-state index contributed by atoms with van der Waals surface area (Å²) in [4.78, 5) is 0. The van der Waals surface area contributed by atoms with Crippen molar-refractivity contribution in [2.45, 2.75) is 18.4 Å². The van der Waals surface area contributed by atoms with Crippen molar-refractivity contribution in [3.05, 3.63) is 30.3 Å². The highest BCUT2D eigenvalue weighted by Gasteiger charge is 2.48. The van der Waals surface area contributed by atoms with E-state index in [0.717, 1.165) is 12.2 Å². The van der Waals surface area contributed by atoms with E-state index in [1.54, 1.807) is 0 Å². The van der Waals surface area contributed by atoms with Gasteiger partial charge in [0.15, 0.2) is 0 Å². The summed E-state index contributed by atoms with van der Waals surface area (Å²) in [6.45, 7) is 0.969. The van der Waals surface area contributed by atoms with E-state index < -0.39 is 0 Å². The predicted molar refractivity (Wildman–Crippen MR) is 50.6 cm³/mol. The van der Waals surface area contributed by atoms with Crippen molar-refractivity contribution in [3.8, 4) is 0 Å². The van der Waals surface area contributed by atoms with E-state index >= 15 is 0 Å². The van der Waals surface area contributed by atoms with Crippen molar-refractivity contribution in [1.82, 2.24) is 0 Å². The Morgan fingerprint density at radius 1 is 1.15 bits per heavy atom. The topological polar surface area (TPSA) is 28.0 Å². The number of hydrogen-bond acceptors (Lipinski definition) is 3. The van der Waals surface area contributed by atoms with Gasteiger partial charge in [-0.15, -0.1) is 0 Å². The summed E-state index contributed by atoms with van der Waals surface area (Å²) in [7, 11) is 0. The fourth-order valence-electron chi connectivity index (χ4n) is 1.64. The zero-order chi connectivity index (χ0) is 8.73. The first-order valence-electron chi connectivity index (χ1n) is 4.63. The maximum Gasteiger partial charge on any atom is 0.103 e. The number of hydrogen-bond donors (Lipinski definition) is 0. The lowest BCUT2D eigenvalue weighted by molar-refractivity contribution is 0.730. The Balaban J connectivity index is 1.85. The Bertz CT molecular complexity index is 340. The largest absolute Gasteiger partial charge is 0.245 e. The molecule has 0 bridgehead atoms. The Hall–Kier alpha value is -1.38. The van der Waals surface area contributed by atoms with Crippen LogP contribution >= 0.6 is 0 Å². The van der Waals surface area contributed by atoms with Gasteiger partial charge in [0.25, 0.3) is 0 Å². The third-order valence-corrected chi connectivity index (χ3v) is 2.69. The molecule has 3 heteroatoms. The molecule has 1 aromatic rings. The van der Waals surface area contributed by atoms with Gasteiger partial charge in [0.1, 0.15) is 5.54 Å². The van der Waals surface area contributed by atoms with Gasteiger partial charge in [-0.25, -0.2) is 5.01 Å². The van der Waals surface area contributed by atoms with Gasteiger partial charge in [-0.05, 0) is 25.0 Å². The quantitative estimate of drug-likeness (QED) is 0.640. The monoisotopic (exact) mass is 173 g/mol. The molecule has 1 heterocycles. The molecule has 0 amide bonds. The SMILES string of the molecule is c1ccc(N2CC3(CC3)N=N2)cc1. The molecule has 0 aromatic heterocycles. The van der Waals surface area contributed by atoms with E-state index in [9.17, 15) is 0 Å². The highest BCUT2D eigenvalue weighted by Crippen LogP contribution is 2.44. The van der Waals surface area contributed by atoms with Crippen LogP contribution in [0, 0.1) is 0 Å². The van der Waals surface area contributed by atoms with E-state index in [1.165, 1.54) is 12.8 Å². The van der Waals surface area contributed by atoms with E-state index in [1.807, 2.05) is 23.2 Å². The highest BCUT2D eigenvalue weighted by molar-refractivity contribution is 5.46. The number of nitrogens with zero attached hydrogens (tertiary/aromatic N) is 3. The van der Waals surface area contributed by atoms with Crippen LogP contribution in [-0.4, -0.2) is 12.1 Å². The molecule has 13 heavy (non-hydrogen) atoms. The first kappa shape index (κ1) is 7.06. The van der Waals surface area contributed by atoms with Crippen molar-refractivity contribution >= 4 is 5.69 Å². The van der Waals surface area contributed by atoms with Crippen molar-refractivity contribution < 1.29 is 0 Å². The van der Waals surface area contributed by atoms with Crippen LogP contribution in [-0.2, 0) is 0 Å². The van der Waals surface area contributed by atoms with Crippen LogP contribution in [0.15, 0.2) is 40.7 Å². The van der Waals surface area contributed by atoms with Gasteiger partial charge in [-0.1, -0.05) is 23.4 Å². The third-order valence-electron chi connectivity index (χ3n) is 2.69. The van der Waals surface area contributed by atoms with Crippen LogP contribution in [0.1, 0.15) is 12.8 Å². The molecular formula is C10H11N3. The summed E-state index contributed by atoms with van der Waals surface area (Å²) in [5.41, 5.74) is 1.35. The molecule has 0 unspecified atom stereocenters. The number of para-hydroxylation sites is 1. The van der Waals surface area contributed by atoms with E-state index in [-0.39, 0.29) is 5.54 Å². The molecule has 1 aliphatic heterocycles. The molecule has 3 nitrogen and oxygen atoms in total. The molecule has 2 aliphatic rings. The number of anilines is 1. The van der Waals surface area contributed by atoms with Crippen molar-refractivity contribution in [2.75, 3.05) is 11.6 Å². The standard InChI is InChI=1S/C10H11N3/c1-2-4-9(5-3-1)13-8-10(6-7-10)11-12-13/h1-5H,6-8H2. The normalized spacial score (nSPS) is 22.6. The van der Waals surface area contributed by atoms with Gasteiger partial charge >= 0.3 is 0 Å². The summed E-state index contributed by atoms with van der Waals surface area (Å²) >= 11 is 0. The van der Waals surface area contributed by atoms with E-state index in [0.29, 0.717) is 0 Å². The zero-order valence-electron chi connectivity index (χ0n) is 7.35. The minimum atomic E-state index is 0.204. The molecule has 1 spiro atoms. The molecule has 0 saturated heterocycles. The van der Waals surface area contributed by atoms with Gasteiger partial charge < -0.3 is 0 Å². The molecule has 3 rings (SSSR count). The summed E-state index contributed by atoms with van der Waals surface area (Å²) in [6, 6.07) is 10.2. The van der Waals surface area contributed by atoms with E-state index in [2.05, 4.69) is 22.5 Å². The molecule has 0 radical (unpaired) electrons. The predicted octanol–water partition coefficient (Wildman–Crippen LogP) is 2.41. The van der Waals surface area contributed by atoms with Crippen LogP contribution in [0.5, 0.6) is 0 Å². The van der Waals surface area contributed by atoms with Crippen LogP contribution < -0.4 is 5.01 Å². The second-order valence-corrected chi connectivity index (χ2v) is 3.81. The van der Waals surface area contributed by atoms with Crippen LogP contribution in [0.3, 0.4) is 0 Å².